The Morgan fingerprint density at radius 2 is 1.93 bits per heavy atom. The molecule has 0 saturated carbocycles. The largest absolute Gasteiger partial charge is 0.468 e. The molecular weight excluding hydrogens is 403 g/mol. The second-order valence-corrected chi connectivity index (χ2v) is 7.84. The van der Waals surface area contributed by atoms with Gasteiger partial charge in [-0.25, -0.2) is 4.99 Å². The third kappa shape index (κ3) is 4.72. The zero-order chi connectivity index (χ0) is 19.4. The first kappa shape index (κ1) is 19.9. The molecule has 0 amide bonds. The Kier molecular flexibility index (Phi) is 6.58. The minimum atomic E-state index is -0.616. The van der Waals surface area contributed by atoms with Gasteiger partial charge in [-0.3, -0.25) is 9.79 Å². The molecule has 3 rings (SSSR count). The Morgan fingerprint density at radius 1 is 1.19 bits per heavy atom. The quantitative estimate of drug-likeness (QED) is 0.605. The molecule has 0 aromatic heterocycles. The molecule has 2 atom stereocenters. The molecule has 27 heavy (non-hydrogen) atoms. The summed E-state index contributed by atoms with van der Waals surface area (Å²) >= 11 is 13.9. The summed E-state index contributed by atoms with van der Waals surface area (Å²) in [6, 6.07) is 14.8. The van der Waals surface area contributed by atoms with Gasteiger partial charge in [0.2, 0.25) is 0 Å². The van der Waals surface area contributed by atoms with Crippen LogP contribution in [0.5, 0.6) is 0 Å². The van der Waals surface area contributed by atoms with Gasteiger partial charge in [-0.15, -0.1) is 0 Å². The van der Waals surface area contributed by atoms with Gasteiger partial charge in [0.15, 0.2) is 5.17 Å². The Morgan fingerprint density at radius 3 is 2.59 bits per heavy atom. The van der Waals surface area contributed by atoms with Crippen molar-refractivity contribution in [2.24, 2.45) is 15.9 Å². The van der Waals surface area contributed by atoms with Gasteiger partial charge in [-0.2, -0.15) is 0 Å². The number of esters is 1. The Labute approximate surface area is 172 Å². The smallest absolute Gasteiger partial charge is 0.316 e. The summed E-state index contributed by atoms with van der Waals surface area (Å²) in [6.07, 6.45) is 0. The molecule has 0 saturated heterocycles. The number of hydrogen-bond donors (Lipinski definition) is 0. The molecule has 0 N–H and O–H groups in total. The molecule has 140 valence electrons. The minimum absolute atomic E-state index is 0.386. The maximum absolute atomic E-state index is 12.4. The molecule has 7 heteroatoms. The lowest BCUT2D eigenvalue weighted by atomic mass is 9.89. The van der Waals surface area contributed by atoms with Gasteiger partial charge in [0.1, 0.15) is 5.92 Å². The van der Waals surface area contributed by atoms with Crippen molar-refractivity contribution in [1.82, 2.24) is 0 Å². The average Bonchev–Trinajstić information content (AvgIpc) is 2.66. The molecule has 0 bridgehead atoms. The van der Waals surface area contributed by atoms with Gasteiger partial charge in [-0.1, -0.05) is 71.4 Å². The predicted octanol–water partition coefficient (Wildman–Crippen LogP) is 5.59. The van der Waals surface area contributed by atoms with Crippen LogP contribution < -0.4 is 0 Å². The van der Waals surface area contributed by atoms with E-state index in [2.05, 4.69) is 17.1 Å². The van der Waals surface area contributed by atoms with Gasteiger partial charge in [-0.05, 0) is 30.2 Å². The van der Waals surface area contributed by atoms with Crippen molar-refractivity contribution in [3.05, 3.63) is 69.7 Å². The number of halogens is 2. The molecule has 0 radical (unpaired) electrons. The van der Waals surface area contributed by atoms with Crippen LogP contribution in [0.3, 0.4) is 0 Å². The van der Waals surface area contributed by atoms with Crippen LogP contribution in [0.15, 0.2) is 58.5 Å². The van der Waals surface area contributed by atoms with E-state index in [1.807, 2.05) is 25.1 Å². The summed E-state index contributed by atoms with van der Waals surface area (Å²) in [5.41, 5.74) is 2.56. The molecule has 2 aromatic carbocycles. The molecule has 0 aliphatic carbocycles. The molecule has 1 heterocycles. The number of methoxy groups -OCH3 is 1. The lowest BCUT2D eigenvalue weighted by Crippen LogP contribution is -2.32. The first-order chi connectivity index (χ1) is 13.0. The number of ether oxygens (including phenoxy) is 1. The second kappa shape index (κ2) is 8.91. The van der Waals surface area contributed by atoms with E-state index in [-0.39, 0.29) is 5.97 Å². The lowest BCUT2D eigenvalue weighted by Gasteiger charge is -2.27. The Hall–Kier alpha value is -1.82. The van der Waals surface area contributed by atoms with Crippen LogP contribution in [-0.4, -0.2) is 24.0 Å². The van der Waals surface area contributed by atoms with E-state index in [0.29, 0.717) is 20.9 Å². The van der Waals surface area contributed by atoms with Crippen LogP contribution in [0.4, 0.5) is 0 Å². The number of nitrogens with zero attached hydrogens (tertiary/aromatic N) is 2. The van der Waals surface area contributed by atoms with E-state index in [0.717, 1.165) is 11.3 Å². The first-order valence-electron chi connectivity index (χ1n) is 8.32. The van der Waals surface area contributed by atoms with Crippen molar-refractivity contribution in [3.63, 3.8) is 0 Å². The standard InChI is InChI=1S/C20H18Cl2N2O2S/c1-12-17(19(25)26-2)18(15-9-8-14(21)10-16(15)22)24-20(23-12)27-11-13-6-4-3-5-7-13/h3-10,17-18H,11H2,1-2H3. The number of amidine groups is 1. The summed E-state index contributed by atoms with van der Waals surface area (Å²) in [5.74, 6) is -0.265. The summed E-state index contributed by atoms with van der Waals surface area (Å²) < 4.78 is 4.97. The summed E-state index contributed by atoms with van der Waals surface area (Å²) in [4.78, 5) is 21.6. The third-order valence-corrected chi connectivity index (χ3v) is 5.73. The van der Waals surface area contributed by atoms with Crippen LogP contribution in [-0.2, 0) is 15.3 Å². The van der Waals surface area contributed by atoms with Gasteiger partial charge >= 0.3 is 5.97 Å². The molecule has 4 nitrogen and oxygen atoms in total. The summed E-state index contributed by atoms with van der Waals surface area (Å²) in [7, 11) is 1.36. The van der Waals surface area contributed by atoms with Crippen LogP contribution in [0.25, 0.3) is 0 Å². The third-order valence-electron chi connectivity index (χ3n) is 4.23. The van der Waals surface area contributed by atoms with E-state index in [4.69, 9.17) is 32.9 Å². The maximum Gasteiger partial charge on any atom is 0.316 e. The molecular formula is C20H18Cl2N2O2S. The molecule has 1 aliphatic heterocycles. The van der Waals surface area contributed by atoms with Crippen molar-refractivity contribution in [2.75, 3.05) is 7.11 Å². The van der Waals surface area contributed by atoms with E-state index < -0.39 is 12.0 Å². The van der Waals surface area contributed by atoms with Crippen LogP contribution >= 0.6 is 35.0 Å². The number of benzene rings is 2. The molecule has 1 aliphatic rings. The number of carbonyl (C=O) groups is 1. The fraction of sp³-hybridized carbons (Fsp3) is 0.250. The van der Waals surface area contributed by atoms with Crippen molar-refractivity contribution < 1.29 is 9.53 Å². The van der Waals surface area contributed by atoms with Crippen molar-refractivity contribution in [2.45, 2.75) is 18.7 Å². The van der Waals surface area contributed by atoms with Crippen LogP contribution in [0.1, 0.15) is 24.1 Å². The number of hydrogen-bond acceptors (Lipinski definition) is 5. The van der Waals surface area contributed by atoms with E-state index in [1.165, 1.54) is 24.4 Å². The highest BCUT2D eigenvalue weighted by Gasteiger charge is 2.37. The SMILES string of the molecule is COC(=O)C1C(C)=NC(SCc2ccccc2)=NC1c1ccc(Cl)cc1Cl. The average molecular weight is 421 g/mol. The normalized spacial score (nSPS) is 19.3. The zero-order valence-corrected chi connectivity index (χ0v) is 17.2. The maximum atomic E-state index is 12.4. The number of carbonyl (C=O) groups excluding carboxylic acids is 1. The highest BCUT2D eigenvalue weighted by atomic mass is 35.5. The zero-order valence-electron chi connectivity index (χ0n) is 14.9. The van der Waals surface area contributed by atoms with Crippen LogP contribution in [0, 0.1) is 5.92 Å². The minimum Gasteiger partial charge on any atom is -0.468 e. The first-order valence-corrected chi connectivity index (χ1v) is 10.1. The monoisotopic (exact) mass is 420 g/mol. The molecule has 2 unspecified atom stereocenters. The predicted molar refractivity (Wildman–Crippen MR) is 113 cm³/mol. The fourth-order valence-corrected chi connectivity index (χ4v) is 4.28. The summed E-state index contributed by atoms with van der Waals surface area (Å²) in [6.45, 7) is 1.82. The van der Waals surface area contributed by atoms with E-state index in [9.17, 15) is 4.79 Å². The Bertz CT molecular complexity index is 900. The number of rotatable bonds is 4. The van der Waals surface area contributed by atoms with E-state index in [1.54, 1.807) is 18.2 Å². The van der Waals surface area contributed by atoms with E-state index >= 15 is 0 Å². The molecule has 0 spiro atoms. The van der Waals surface area contributed by atoms with Crippen LogP contribution in [0.2, 0.25) is 10.0 Å². The Balaban J connectivity index is 1.93. The van der Waals surface area contributed by atoms with Crippen molar-refractivity contribution >= 4 is 51.8 Å². The molecule has 2 aromatic rings. The van der Waals surface area contributed by atoms with Gasteiger partial charge < -0.3 is 4.74 Å². The van der Waals surface area contributed by atoms with Gasteiger partial charge in [0.25, 0.3) is 0 Å². The highest BCUT2D eigenvalue weighted by molar-refractivity contribution is 8.13. The number of thioether (sulfide) groups is 1. The second-order valence-electron chi connectivity index (χ2n) is 6.05. The topological polar surface area (TPSA) is 51.0 Å². The molecule has 0 fully saturated rings. The lowest BCUT2D eigenvalue weighted by molar-refractivity contribution is -0.143. The highest BCUT2D eigenvalue weighted by Crippen LogP contribution is 2.38. The number of aliphatic imine (C=N–C) groups is 2. The van der Waals surface area contributed by atoms with Gasteiger partial charge in [0, 0.05) is 21.5 Å². The van der Waals surface area contributed by atoms with Crippen molar-refractivity contribution in [1.29, 1.82) is 0 Å². The van der Waals surface area contributed by atoms with Gasteiger partial charge in [0.05, 0.1) is 13.2 Å². The van der Waals surface area contributed by atoms with Crippen molar-refractivity contribution in [3.8, 4) is 0 Å². The fourth-order valence-electron chi connectivity index (χ4n) is 2.88. The summed E-state index contributed by atoms with van der Waals surface area (Å²) in [5, 5.41) is 1.61.